The second kappa shape index (κ2) is 22.3. The van der Waals surface area contributed by atoms with Gasteiger partial charge in [0.25, 0.3) is 0 Å². The van der Waals surface area contributed by atoms with Crippen molar-refractivity contribution in [2.75, 3.05) is 4.90 Å². The van der Waals surface area contributed by atoms with Gasteiger partial charge >= 0.3 is 0 Å². The monoisotopic (exact) mass is 1120 g/mol. The van der Waals surface area contributed by atoms with Gasteiger partial charge in [-0.2, -0.15) is 0 Å². The third-order valence-corrected chi connectivity index (χ3v) is 19.7. The van der Waals surface area contributed by atoms with E-state index in [4.69, 9.17) is 0 Å². The van der Waals surface area contributed by atoms with Crippen molar-refractivity contribution in [2.24, 2.45) is 0 Å². The maximum absolute atomic E-state index is 2.55. The van der Waals surface area contributed by atoms with Gasteiger partial charge in [0.2, 0.25) is 0 Å². The highest BCUT2D eigenvalue weighted by atomic mass is 15.1. The first-order valence-electron chi connectivity index (χ1n) is 32.0. The predicted octanol–water partition coefficient (Wildman–Crippen LogP) is 23.4. The zero-order valence-corrected chi connectivity index (χ0v) is 49.6. The highest BCUT2D eigenvalue weighted by Gasteiger charge is 2.51. The summed E-state index contributed by atoms with van der Waals surface area (Å²) in [6.07, 6.45) is 12.9. The molecule has 2 nitrogen and oxygen atoms in total. The largest absolute Gasteiger partial charge is 0.310 e. The quantitative estimate of drug-likeness (QED) is 0.0985. The number of nitrogens with zero attached hydrogens (tertiary/aromatic N) is 2. The van der Waals surface area contributed by atoms with Gasteiger partial charge in [0.05, 0.1) is 22.1 Å². The van der Waals surface area contributed by atoms with E-state index in [1.54, 1.807) is 0 Å². The minimum atomic E-state index is -0.471. The van der Waals surface area contributed by atoms with Crippen molar-refractivity contribution in [2.45, 2.75) is 82.5 Å². The van der Waals surface area contributed by atoms with Crippen molar-refractivity contribution in [1.29, 1.82) is 0 Å². The number of fused-ring (bicyclic) bond motifs is 13. The minimum Gasteiger partial charge on any atom is -0.310 e. The lowest BCUT2D eigenvalue weighted by molar-refractivity contribution is 0.444. The molecule has 3 aliphatic rings. The fraction of sp³-hybridized carbons (Fsp3) is 0.153. The molecule has 13 aromatic rings. The van der Waals surface area contributed by atoms with Crippen LogP contribution in [-0.4, -0.2) is 4.57 Å². The van der Waals surface area contributed by atoms with E-state index in [0.29, 0.717) is 5.92 Å². The summed E-state index contributed by atoms with van der Waals surface area (Å²) in [5.41, 5.74) is 29.6. The molecule has 0 bridgehead atoms. The highest BCUT2D eigenvalue weighted by molar-refractivity contribution is 6.10. The molecule has 2 heteroatoms. The molecule has 0 amide bonds. The maximum atomic E-state index is 2.55. The second-order valence-electron chi connectivity index (χ2n) is 24.7. The molecular formula is C85H70N2. The van der Waals surface area contributed by atoms with Gasteiger partial charge in [0, 0.05) is 33.4 Å². The molecule has 1 fully saturated rings. The number of hydrogen-bond donors (Lipinski definition) is 0. The smallest absolute Gasteiger partial charge is 0.0726 e. The van der Waals surface area contributed by atoms with Gasteiger partial charge in [-0.3, -0.25) is 0 Å². The molecule has 0 aliphatic heterocycles. The van der Waals surface area contributed by atoms with Crippen LogP contribution in [0.4, 0.5) is 17.1 Å². The Bertz CT molecular complexity index is 4610. The van der Waals surface area contributed by atoms with Crippen molar-refractivity contribution in [3.63, 3.8) is 0 Å². The lowest BCUT2D eigenvalue weighted by Crippen LogP contribution is -2.26. The number of rotatable bonds is 14. The van der Waals surface area contributed by atoms with Crippen molar-refractivity contribution in [3.8, 4) is 72.4 Å². The van der Waals surface area contributed by atoms with E-state index in [0.717, 1.165) is 23.5 Å². The summed E-state index contributed by atoms with van der Waals surface area (Å²) in [6.45, 7) is 2.30. The Labute approximate surface area is 512 Å². The van der Waals surface area contributed by atoms with Crippen LogP contribution in [-0.2, 0) is 11.8 Å². The van der Waals surface area contributed by atoms with E-state index in [9.17, 15) is 0 Å². The van der Waals surface area contributed by atoms with Crippen LogP contribution in [0.2, 0.25) is 0 Å². The molecule has 420 valence electrons. The lowest BCUT2D eigenvalue weighted by Gasteiger charge is -2.33. The second-order valence-corrected chi connectivity index (χ2v) is 24.7. The van der Waals surface area contributed by atoms with E-state index in [1.807, 2.05) is 0 Å². The Morgan fingerprint density at radius 1 is 0.368 bits per heavy atom. The average Bonchev–Trinajstić information content (AvgIpc) is 1.53. The van der Waals surface area contributed by atoms with Crippen molar-refractivity contribution < 1.29 is 0 Å². The number of anilines is 3. The van der Waals surface area contributed by atoms with Crippen molar-refractivity contribution >= 4 is 38.9 Å². The van der Waals surface area contributed by atoms with Gasteiger partial charge in [-0.1, -0.05) is 252 Å². The zero-order valence-electron chi connectivity index (χ0n) is 49.6. The van der Waals surface area contributed by atoms with E-state index in [1.165, 1.54) is 185 Å². The third-order valence-electron chi connectivity index (χ3n) is 19.7. The van der Waals surface area contributed by atoms with Gasteiger partial charge in [0.1, 0.15) is 0 Å². The summed E-state index contributed by atoms with van der Waals surface area (Å²) in [6, 6.07) is 106. The Morgan fingerprint density at radius 2 is 0.874 bits per heavy atom. The SMILES string of the molecule is CCCCCCc1ccc2c(c1)c1cc(C3CCCCC3)ccc1n2-c1ccc(-c2ccc(-c3ccc(N(c4ccc5c(c4)C4(c6ccccc6-c6ccccc64)c4ccccc4-5)c4ccc(-c5ccccc5)cc4-c4ccccc4)cc3)cc2)cc1. The fourth-order valence-electron chi connectivity index (χ4n) is 15.5. The molecule has 87 heavy (non-hydrogen) atoms. The number of aromatic nitrogens is 1. The first-order valence-corrected chi connectivity index (χ1v) is 32.0. The van der Waals surface area contributed by atoms with Crippen LogP contribution in [0, 0.1) is 0 Å². The Kier molecular flexibility index (Phi) is 13.5. The predicted molar refractivity (Wildman–Crippen MR) is 367 cm³/mol. The average molecular weight is 1120 g/mol. The van der Waals surface area contributed by atoms with E-state index >= 15 is 0 Å². The molecule has 1 aromatic heterocycles. The normalized spacial score (nSPS) is 13.9. The molecule has 0 saturated heterocycles. The van der Waals surface area contributed by atoms with Crippen LogP contribution in [0.3, 0.4) is 0 Å². The summed E-state index contributed by atoms with van der Waals surface area (Å²) in [7, 11) is 0. The van der Waals surface area contributed by atoms with Gasteiger partial charge in [0.15, 0.2) is 0 Å². The maximum Gasteiger partial charge on any atom is 0.0726 e. The van der Waals surface area contributed by atoms with Gasteiger partial charge in [-0.05, 0) is 199 Å². The van der Waals surface area contributed by atoms with Crippen LogP contribution < -0.4 is 4.90 Å². The minimum absolute atomic E-state index is 0.471. The molecule has 1 spiro atoms. The van der Waals surface area contributed by atoms with Crippen LogP contribution in [0.15, 0.2) is 279 Å². The molecular weight excluding hydrogens is 1050 g/mol. The molecule has 3 aliphatic carbocycles. The van der Waals surface area contributed by atoms with Crippen LogP contribution in [0.5, 0.6) is 0 Å². The zero-order chi connectivity index (χ0) is 57.8. The first kappa shape index (κ1) is 52.8. The summed E-state index contributed by atoms with van der Waals surface area (Å²) in [4.78, 5) is 2.50. The lowest BCUT2D eigenvalue weighted by atomic mass is 9.70. The molecule has 1 heterocycles. The summed E-state index contributed by atoms with van der Waals surface area (Å²) < 4.78 is 2.50. The third kappa shape index (κ3) is 9.07. The van der Waals surface area contributed by atoms with Crippen molar-refractivity contribution in [3.05, 3.63) is 312 Å². The Balaban J connectivity index is 0.760. The molecule has 0 radical (unpaired) electrons. The van der Waals surface area contributed by atoms with E-state index in [-0.39, 0.29) is 0 Å². The van der Waals surface area contributed by atoms with Gasteiger partial charge in [-0.15, -0.1) is 0 Å². The summed E-state index contributed by atoms with van der Waals surface area (Å²) in [5.74, 6) is 0.668. The number of benzene rings is 12. The molecule has 0 atom stereocenters. The van der Waals surface area contributed by atoms with Crippen LogP contribution >= 0.6 is 0 Å². The molecule has 1 saturated carbocycles. The van der Waals surface area contributed by atoms with E-state index in [2.05, 4.69) is 295 Å². The molecule has 16 rings (SSSR count). The standard InChI is InChI=1S/C85H70N2/c1-2-3-4-8-21-58-34-51-83-76(54-58)77-56-67(60-24-11-6-12-25-60)44-53-84(77)87(83)69-47-41-64(42-48-69)62-37-35-61(36-38-62)63-39-45-68(46-40-63)86(82-52-43-66(59-22-9-5-10-23-59)55-75(82)65-26-13-7-14-27-65)70-49-50-74-73-30-17-20-33-80(73)85(81(74)57-70)78-31-18-15-28-71(78)72-29-16-19-32-79(72)85/h5,7,9-10,13-20,22-23,26-57,60H,2-4,6,8,11-12,21,24-25H2,1H3. The Morgan fingerprint density at radius 3 is 1.49 bits per heavy atom. The summed E-state index contributed by atoms with van der Waals surface area (Å²) in [5, 5.41) is 2.78. The number of hydrogen-bond acceptors (Lipinski definition) is 1. The van der Waals surface area contributed by atoms with Crippen LogP contribution in [0.25, 0.3) is 94.3 Å². The number of aryl methyl sites for hydroxylation is 1. The van der Waals surface area contributed by atoms with Crippen molar-refractivity contribution in [1.82, 2.24) is 4.57 Å². The van der Waals surface area contributed by atoms with Gasteiger partial charge < -0.3 is 9.47 Å². The molecule has 12 aromatic carbocycles. The highest BCUT2D eigenvalue weighted by Crippen LogP contribution is 2.63. The molecule has 0 N–H and O–H groups in total. The number of unbranched alkanes of at least 4 members (excludes halogenated alkanes) is 3. The topological polar surface area (TPSA) is 8.17 Å². The van der Waals surface area contributed by atoms with Crippen LogP contribution in [0.1, 0.15) is 104 Å². The van der Waals surface area contributed by atoms with E-state index < -0.39 is 5.41 Å². The summed E-state index contributed by atoms with van der Waals surface area (Å²) >= 11 is 0. The first-order chi connectivity index (χ1) is 43.1. The Hall–Kier alpha value is -9.76. The molecule has 0 unspecified atom stereocenters. The fourth-order valence-corrected chi connectivity index (χ4v) is 15.5. The van der Waals surface area contributed by atoms with Gasteiger partial charge in [-0.25, -0.2) is 0 Å².